The molecule has 0 spiro atoms. The second-order valence-corrected chi connectivity index (χ2v) is 38.7. The molecule has 0 amide bonds. The highest BCUT2D eigenvalue weighted by atomic mass is 15.0. The third kappa shape index (κ3) is 15.1. The molecule has 0 saturated carbocycles. The number of rotatable bonds is 13. The molecule has 6 aromatic heterocycles. The van der Waals surface area contributed by atoms with Gasteiger partial charge in [0.25, 0.3) is 0 Å². The van der Waals surface area contributed by atoms with Crippen LogP contribution < -0.4 is 0 Å². The molecule has 0 unspecified atom stereocenters. The van der Waals surface area contributed by atoms with Crippen LogP contribution in [0.4, 0.5) is 0 Å². The van der Waals surface area contributed by atoms with Crippen molar-refractivity contribution in [3.63, 3.8) is 0 Å². The maximum Gasteiger partial charge on any atom is 0.0802 e. The minimum Gasteiger partial charge on any atom is -0.309 e. The first-order valence-corrected chi connectivity index (χ1v) is 51.0. The molecule has 24 aromatic carbocycles. The Labute approximate surface area is 861 Å². The molecular formula is C143H92N6. The number of fused-ring (bicyclic) bond motifs is 17. The molecule has 0 aliphatic heterocycles. The number of benzene rings is 24. The third-order valence-electron chi connectivity index (χ3n) is 30.3. The number of aromatic nitrogens is 6. The van der Waals surface area contributed by atoms with Gasteiger partial charge in [-0.1, -0.05) is 406 Å². The summed E-state index contributed by atoms with van der Waals surface area (Å²) in [5.74, 6) is 0. The van der Waals surface area contributed by atoms with Gasteiger partial charge in [0.2, 0.25) is 0 Å². The average molecular weight is 1890 g/mol. The van der Waals surface area contributed by atoms with Gasteiger partial charge in [-0.3, -0.25) is 15.0 Å². The van der Waals surface area contributed by atoms with Crippen LogP contribution in [0.15, 0.2) is 559 Å². The summed E-state index contributed by atoms with van der Waals surface area (Å²) < 4.78 is 7.05. The molecule has 0 bridgehead atoms. The van der Waals surface area contributed by atoms with Crippen molar-refractivity contribution in [3.05, 3.63) is 559 Å². The SMILES string of the molecule is c1ccc(-c2c3ccccc3c(-c3ccccc3)c3cc(-c4ccc5c(c4)c4c(-c6ccccc6)nccc4n5-c4ccccc4)ccc23)cc1.c1ccc(-c2c3ccccc3c(-c3ccccc3)c3cc(-c4ccc5c(c4)c4cnccc4n5-c4ccccc4)ccc23)cc1.c1ccc(-n2c3ccncc3c3cc(-c4ccc5c(-c6ccc7ccccc7c6)c6ccccc6c(-c6ccc7ccccc7c6)c5c4)ccc32)cc1. The van der Waals surface area contributed by atoms with E-state index in [-0.39, 0.29) is 0 Å². The van der Waals surface area contributed by atoms with Crippen molar-refractivity contribution < 1.29 is 0 Å². The van der Waals surface area contributed by atoms with Crippen molar-refractivity contribution in [1.82, 2.24) is 28.7 Å². The molecule has 6 heterocycles. The van der Waals surface area contributed by atoms with Gasteiger partial charge in [0.05, 0.1) is 38.8 Å². The Morgan fingerprint density at radius 3 is 0.732 bits per heavy atom. The topological polar surface area (TPSA) is 53.5 Å². The molecule has 0 radical (unpaired) electrons. The Bertz CT molecular complexity index is 10500. The Balaban J connectivity index is 0.000000108. The predicted molar refractivity (Wildman–Crippen MR) is 630 cm³/mol. The van der Waals surface area contributed by atoms with Crippen LogP contribution in [-0.4, -0.2) is 28.7 Å². The summed E-state index contributed by atoms with van der Waals surface area (Å²) in [5, 5.41) is 27.1. The van der Waals surface area contributed by atoms with Crippen molar-refractivity contribution in [3.8, 4) is 128 Å². The Hall–Kier alpha value is -19.8. The fourth-order valence-corrected chi connectivity index (χ4v) is 23.7. The van der Waals surface area contributed by atoms with Crippen LogP contribution in [0.25, 0.3) is 280 Å². The van der Waals surface area contributed by atoms with E-state index < -0.39 is 0 Å². The molecular weight excluding hydrogens is 1800 g/mol. The van der Waals surface area contributed by atoms with Gasteiger partial charge in [-0.05, 0) is 308 Å². The lowest BCUT2D eigenvalue weighted by molar-refractivity contribution is 1.17. The minimum absolute atomic E-state index is 0.994. The highest BCUT2D eigenvalue weighted by Crippen LogP contribution is 2.52. The van der Waals surface area contributed by atoms with E-state index in [1.165, 1.54) is 214 Å². The Morgan fingerprint density at radius 1 is 0.134 bits per heavy atom. The molecule has 0 fully saturated rings. The summed E-state index contributed by atoms with van der Waals surface area (Å²) in [7, 11) is 0. The molecule has 30 aromatic rings. The van der Waals surface area contributed by atoms with E-state index in [0.29, 0.717) is 0 Å². The van der Waals surface area contributed by atoms with Gasteiger partial charge < -0.3 is 13.7 Å². The fraction of sp³-hybridized carbons (Fsp3) is 0. The zero-order valence-corrected chi connectivity index (χ0v) is 81.3. The van der Waals surface area contributed by atoms with E-state index in [0.717, 1.165) is 66.5 Å². The fourth-order valence-electron chi connectivity index (χ4n) is 23.7. The van der Waals surface area contributed by atoms with E-state index in [4.69, 9.17) is 4.98 Å². The number of hydrogen-bond acceptors (Lipinski definition) is 3. The van der Waals surface area contributed by atoms with E-state index in [1.54, 1.807) is 0 Å². The van der Waals surface area contributed by atoms with Gasteiger partial charge in [0.15, 0.2) is 0 Å². The van der Waals surface area contributed by atoms with Crippen molar-refractivity contribution >= 4 is 152 Å². The lowest BCUT2D eigenvalue weighted by Crippen LogP contribution is -1.93. The van der Waals surface area contributed by atoms with Gasteiger partial charge in [0.1, 0.15) is 0 Å². The predicted octanol–water partition coefficient (Wildman–Crippen LogP) is 38.4. The lowest BCUT2D eigenvalue weighted by atomic mass is 9.84. The van der Waals surface area contributed by atoms with Crippen molar-refractivity contribution in [2.75, 3.05) is 0 Å². The first-order chi connectivity index (χ1) is 74.0. The number of nitrogens with zero attached hydrogens (tertiary/aromatic N) is 6. The first kappa shape index (κ1) is 87.0. The first-order valence-electron chi connectivity index (χ1n) is 51.0. The molecule has 0 saturated heterocycles. The van der Waals surface area contributed by atoms with Crippen LogP contribution in [0, 0.1) is 0 Å². The van der Waals surface area contributed by atoms with Gasteiger partial charge >= 0.3 is 0 Å². The molecule has 6 heteroatoms. The van der Waals surface area contributed by atoms with Gasteiger partial charge in [-0.2, -0.15) is 0 Å². The summed E-state index contributed by atoms with van der Waals surface area (Å²) in [4.78, 5) is 14.0. The lowest BCUT2D eigenvalue weighted by Gasteiger charge is -2.19. The standard InChI is InChI=1S/C51H32N2.C49H32N2.C43H28N2/c1-2-14-41(15-3-1)53-48-25-23-38(30-45(48)47-32-52-27-26-49(47)53)37-22-24-44-46(31-37)51(40-21-19-34-11-5-7-13-36(34)29-40)43-17-9-8-16-42(43)50(44)39-20-18-33-10-4-6-12-35(33)28-39;1-5-15-33(16-6-1)46-39-23-13-14-24-40(39)47(34-17-7-2-8-18-34)42-31-36(25-27-41(42)46)37-26-28-44-43(32-37)48-45(51(44)38-21-11-4-12-22-38)29-30-50-49(48)35-19-9-3-10-20-35;1-4-12-29(13-5-1)42-34-18-10-11-19-35(34)43(30-14-6-2-7-15-30)38-27-31(20-22-36(38)42)32-21-23-40-37(26-32)39-28-44-25-24-41(39)45(40)33-16-8-3-9-17-33/h1-32H;1-32H;1-28H. The smallest absolute Gasteiger partial charge is 0.0802 e. The maximum atomic E-state index is 4.98. The van der Waals surface area contributed by atoms with Crippen molar-refractivity contribution in [1.29, 1.82) is 0 Å². The Morgan fingerprint density at radius 2 is 0.376 bits per heavy atom. The minimum atomic E-state index is 0.994. The molecule has 6 nitrogen and oxygen atoms in total. The summed E-state index contributed by atoms with van der Waals surface area (Å²) in [6.45, 7) is 0. The molecule has 0 N–H and O–H groups in total. The van der Waals surface area contributed by atoms with Crippen LogP contribution in [0.2, 0.25) is 0 Å². The summed E-state index contributed by atoms with van der Waals surface area (Å²) in [6.07, 6.45) is 9.70. The normalized spacial score (nSPS) is 11.6. The average Bonchev–Trinajstić information content (AvgIpc) is 1.48. The van der Waals surface area contributed by atoms with Crippen LogP contribution in [0.5, 0.6) is 0 Å². The summed E-state index contributed by atoms with van der Waals surface area (Å²) >= 11 is 0. The highest BCUT2D eigenvalue weighted by molar-refractivity contribution is 6.27. The van der Waals surface area contributed by atoms with Crippen LogP contribution in [-0.2, 0) is 0 Å². The second-order valence-electron chi connectivity index (χ2n) is 38.7. The van der Waals surface area contributed by atoms with Gasteiger partial charge in [-0.25, -0.2) is 0 Å². The van der Waals surface area contributed by atoms with Crippen LogP contribution in [0.3, 0.4) is 0 Å². The number of pyridine rings is 3. The zero-order chi connectivity index (χ0) is 98.4. The quantitative estimate of drug-likeness (QED) is 0.108. The third-order valence-corrected chi connectivity index (χ3v) is 30.3. The highest BCUT2D eigenvalue weighted by Gasteiger charge is 2.27. The second kappa shape index (κ2) is 36.9. The van der Waals surface area contributed by atoms with E-state index in [9.17, 15) is 0 Å². The van der Waals surface area contributed by atoms with Crippen LogP contribution >= 0.6 is 0 Å². The van der Waals surface area contributed by atoms with Crippen molar-refractivity contribution in [2.24, 2.45) is 0 Å². The van der Waals surface area contributed by atoms with Gasteiger partial charge in [-0.15, -0.1) is 0 Å². The number of para-hydroxylation sites is 3. The Kier molecular flexibility index (Phi) is 21.5. The molecule has 694 valence electrons. The van der Waals surface area contributed by atoms with Crippen LogP contribution in [0.1, 0.15) is 0 Å². The molecule has 149 heavy (non-hydrogen) atoms. The van der Waals surface area contributed by atoms with Gasteiger partial charge in [0, 0.05) is 85.9 Å². The molecule has 30 rings (SSSR count). The molecule has 0 atom stereocenters. The van der Waals surface area contributed by atoms with E-state index in [1.807, 2.05) is 31.0 Å². The summed E-state index contributed by atoms with van der Waals surface area (Å²) in [5.41, 5.74) is 34.6. The number of hydrogen-bond donors (Lipinski definition) is 0. The van der Waals surface area contributed by atoms with E-state index in [2.05, 4.69) is 551 Å². The molecule has 0 aliphatic carbocycles. The largest absolute Gasteiger partial charge is 0.309 e. The van der Waals surface area contributed by atoms with E-state index >= 15 is 0 Å². The maximum absolute atomic E-state index is 4.98. The zero-order valence-electron chi connectivity index (χ0n) is 81.3. The monoisotopic (exact) mass is 1890 g/mol. The van der Waals surface area contributed by atoms with Crippen molar-refractivity contribution in [2.45, 2.75) is 0 Å². The molecule has 0 aliphatic rings. The summed E-state index contributed by atoms with van der Waals surface area (Å²) in [6, 6.07) is 192.